The van der Waals surface area contributed by atoms with Crippen LogP contribution in [0.15, 0.2) is 6.07 Å². The normalized spacial score (nSPS) is 12.3. The molecule has 0 spiro atoms. The zero-order chi connectivity index (χ0) is 13.9. The zero-order valence-corrected chi connectivity index (χ0v) is 11.6. The largest absolute Gasteiger partial charge is 0.461 e. The number of nitrogen functional groups attached to an aromatic ring is 1. The molecule has 0 fully saturated rings. The minimum atomic E-state index is -0.488. The Balaban J connectivity index is 2.85. The summed E-state index contributed by atoms with van der Waals surface area (Å²) < 4.78 is 5.13. The zero-order valence-electron chi connectivity index (χ0n) is 10.8. The molecule has 100 valence electrons. The predicted molar refractivity (Wildman–Crippen MR) is 70.5 cm³/mol. The SMILES string of the molecule is CC(C)OC(=O)C(C)N(C)c1cc(Cl)nc(N)n1. The van der Waals surface area contributed by atoms with E-state index in [1.165, 1.54) is 6.07 Å². The molecular formula is C11H17ClN4O2. The van der Waals surface area contributed by atoms with Crippen molar-refractivity contribution >= 4 is 29.3 Å². The summed E-state index contributed by atoms with van der Waals surface area (Å²) in [6.45, 7) is 5.31. The molecule has 1 heterocycles. The maximum atomic E-state index is 11.8. The van der Waals surface area contributed by atoms with Crippen molar-refractivity contribution in [3.8, 4) is 0 Å². The molecule has 1 rings (SSSR count). The van der Waals surface area contributed by atoms with Crippen LogP contribution < -0.4 is 10.6 Å². The number of ether oxygens (including phenoxy) is 1. The van der Waals surface area contributed by atoms with Gasteiger partial charge in [0, 0.05) is 13.1 Å². The van der Waals surface area contributed by atoms with E-state index in [1.807, 2.05) is 0 Å². The lowest BCUT2D eigenvalue weighted by atomic mass is 10.3. The highest BCUT2D eigenvalue weighted by molar-refractivity contribution is 6.29. The topological polar surface area (TPSA) is 81.3 Å². The maximum Gasteiger partial charge on any atom is 0.328 e. The molecule has 6 nitrogen and oxygen atoms in total. The number of halogens is 1. The van der Waals surface area contributed by atoms with Gasteiger partial charge in [-0.15, -0.1) is 0 Å². The van der Waals surface area contributed by atoms with E-state index in [0.29, 0.717) is 5.82 Å². The van der Waals surface area contributed by atoms with Gasteiger partial charge in [-0.2, -0.15) is 4.98 Å². The van der Waals surface area contributed by atoms with Crippen LogP contribution in [0, 0.1) is 0 Å². The Morgan fingerprint density at radius 3 is 2.56 bits per heavy atom. The van der Waals surface area contributed by atoms with E-state index < -0.39 is 6.04 Å². The standard InChI is InChI=1S/C11H17ClN4O2/c1-6(2)18-10(17)7(3)16(4)9-5-8(12)14-11(13)15-9/h5-7H,1-4H3,(H2,13,14,15). The molecule has 0 aliphatic carbocycles. The van der Waals surface area contributed by atoms with E-state index in [-0.39, 0.29) is 23.2 Å². The number of esters is 1. The van der Waals surface area contributed by atoms with Crippen molar-refractivity contribution in [2.75, 3.05) is 17.7 Å². The number of aromatic nitrogens is 2. The molecule has 0 saturated heterocycles. The average molecular weight is 273 g/mol. The number of hydrogen-bond acceptors (Lipinski definition) is 6. The maximum absolute atomic E-state index is 11.8. The molecule has 0 radical (unpaired) electrons. The number of anilines is 2. The van der Waals surface area contributed by atoms with Crippen molar-refractivity contribution in [3.05, 3.63) is 11.2 Å². The summed E-state index contributed by atoms with van der Waals surface area (Å²) in [7, 11) is 1.71. The fourth-order valence-electron chi connectivity index (χ4n) is 1.29. The van der Waals surface area contributed by atoms with Crippen LogP contribution in [0.4, 0.5) is 11.8 Å². The van der Waals surface area contributed by atoms with Gasteiger partial charge in [0.05, 0.1) is 6.10 Å². The van der Waals surface area contributed by atoms with Crippen LogP contribution in [-0.4, -0.2) is 35.1 Å². The van der Waals surface area contributed by atoms with Crippen molar-refractivity contribution in [2.45, 2.75) is 32.9 Å². The molecule has 0 aliphatic rings. The van der Waals surface area contributed by atoms with E-state index in [1.54, 1.807) is 32.7 Å². The molecule has 0 aromatic carbocycles. The van der Waals surface area contributed by atoms with Crippen molar-refractivity contribution in [3.63, 3.8) is 0 Å². The number of likely N-dealkylation sites (N-methyl/N-ethyl adjacent to an activating group) is 1. The monoisotopic (exact) mass is 272 g/mol. The molecule has 1 aromatic rings. The summed E-state index contributed by atoms with van der Waals surface area (Å²) in [5, 5.41) is 0.230. The Hall–Kier alpha value is -1.56. The first-order chi connectivity index (χ1) is 8.31. The van der Waals surface area contributed by atoms with Gasteiger partial charge in [-0.3, -0.25) is 0 Å². The second kappa shape index (κ2) is 5.86. The first-order valence-corrected chi connectivity index (χ1v) is 5.92. The minimum Gasteiger partial charge on any atom is -0.461 e. The van der Waals surface area contributed by atoms with Crippen molar-refractivity contribution in [1.29, 1.82) is 0 Å². The number of rotatable bonds is 4. The summed E-state index contributed by atoms with van der Waals surface area (Å²) in [5.74, 6) is 0.204. The Morgan fingerprint density at radius 1 is 1.44 bits per heavy atom. The van der Waals surface area contributed by atoms with Crippen molar-refractivity contribution in [1.82, 2.24) is 9.97 Å². The van der Waals surface area contributed by atoms with Crippen LogP contribution in [0.25, 0.3) is 0 Å². The third-order valence-corrected chi connectivity index (χ3v) is 2.53. The van der Waals surface area contributed by atoms with Gasteiger partial charge in [0.1, 0.15) is 17.0 Å². The van der Waals surface area contributed by atoms with E-state index in [4.69, 9.17) is 22.1 Å². The summed E-state index contributed by atoms with van der Waals surface area (Å²) in [5.41, 5.74) is 5.50. The molecule has 1 atom stereocenters. The molecule has 1 unspecified atom stereocenters. The second-order valence-electron chi connectivity index (χ2n) is 4.18. The number of nitrogens with two attached hydrogens (primary N) is 1. The smallest absolute Gasteiger partial charge is 0.328 e. The van der Waals surface area contributed by atoms with Gasteiger partial charge in [-0.05, 0) is 20.8 Å². The Bertz CT molecular complexity index is 419. The van der Waals surface area contributed by atoms with Gasteiger partial charge in [0.15, 0.2) is 0 Å². The lowest BCUT2D eigenvalue weighted by Crippen LogP contribution is -2.38. The quantitative estimate of drug-likeness (QED) is 0.661. The molecule has 0 bridgehead atoms. The first-order valence-electron chi connectivity index (χ1n) is 5.54. The molecule has 2 N–H and O–H groups in total. The average Bonchev–Trinajstić information content (AvgIpc) is 2.24. The van der Waals surface area contributed by atoms with Crippen molar-refractivity contribution in [2.24, 2.45) is 0 Å². The third kappa shape index (κ3) is 3.73. The summed E-state index contributed by atoms with van der Waals surface area (Å²) >= 11 is 5.79. The molecule has 0 aliphatic heterocycles. The number of hydrogen-bond donors (Lipinski definition) is 1. The Morgan fingerprint density at radius 2 is 2.06 bits per heavy atom. The van der Waals surface area contributed by atoms with Crippen LogP contribution in [-0.2, 0) is 9.53 Å². The Labute approximate surface area is 111 Å². The van der Waals surface area contributed by atoms with Gasteiger partial charge in [-0.25, -0.2) is 9.78 Å². The molecule has 7 heteroatoms. The third-order valence-electron chi connectivity index (χ3n) is 2.33. The number of carbonyl (C=O) groups is 1. The van der Waals surface area contributed by atoms with Crippen LogP contribution in [0.3, 0.4) is 0 Å². The van der Waals surface area contributed by atoms with E-state index in [0.717, 1.165) is 0 Å². The summed E-state index contributed by atoms with van der Waals surface area (Å²) in [6.07, 6.45) is -0.160. The van der Waals surface area contributed by atoms with Gasteiger partial charge < -0.3 is 15.4 Å². The van der Waals surface area contributed by atoms with Crippen molar-refractivity contribution < 1.29 is 9.53 Å². The minimum absolute atomic E-state index is 0.0637. The molecular weight excluding hydrogens is 256 g/mol. The van der Waals surface area contributed by atoms with Crippen LogP contribution in [0.5, 0.6) is 0 Å². The fourth-order valence-corrected chi connectivity index (χ4v) is 1.48. The highest BCUT2D eigenvalue weighted by atomic mass is 35.5. The van der Waals surface area contributed by atoms with E-state index in [9.17, 15) is 4.79 Å². The lowest BCUT2D eigenvalue weighted by molar-refractivity contribution is -0.148. The summed E-state index contributed by atoms with van der Waals surface area (Å²) in [4.78, 5) is 21.2. The van der Waals surface area contributed by atoms with Crippen LogP contribution in [0.1, 0.15) is 20.8 Å². The Kier molecular flexibility index (Phi) is 4.72. The molecule has 0 saturated carbocycles. The molecule has 18 heavy (non-hydrogen) atoms. The fraction of sp³-hybridized carbons (Fsp3) is 0.545. The van der Waals surface area contributed by atoms with Gasteiger partial charge in [-0.1, -0.05) is 11.6 Å². The number of nitrogens with zero attached hydrogens (tertiary/aromatic N) is 3. The molecule has 0 amide bonds. The summed E-state index contributed by atoms with van der Waals surface area (Å²) in [6, 6.07) is 1.05. The predicted octanol–water partition coefficient (Wildman–Crippen LogP) is 1.49. The van der Waals surface area contributed by atoms with Crippen LogP contribution >= 0.6 is 11.6 Å². The second-order valence-corrected chi connectivity index (χ2v) is 4.57. The lowest BCUT2D eigenvalue weighted by Gasteiger charge is -2.25. The molecule has 1 aromatic heterocycles. The van der Waals surface area contributed by atoms with Gasteiger partial charge in [0.25, 0.3) is 0 Å². The van der Waals surface area contributed by atoms with Gasteiger partial charge >= 0.3 is 5.97 Å². The van der Waals surface area contributed by atoms with E-state index >= 15 is 0 Å². The first kappa shape index (κ1) is 14.5. The number of carbonyl (C=O) groups excluding carboxylic acids is 1. The highest BCUT2D eigenvalue weighted by Gasteiger charge is 2.22. The highest BCUT2D eigenvalue weighted by Crippen LogP contribution is 2.18. The van der Waals surface area contributed by atoms with Crippen LogP contribution in [0.2, 0.25) is 5.15 Å². The van der Waals surface area contributed by atoms with Gasteiger partial charge in [0.2, 0.25) is 5.95 Å². The van der Waals surface area contributed by atoms with E-state index in [2.05, 4.69) is 9.97 Å².